The van der Waals surface area contributed by atoms with E-state index in [1.165, 1.54) is 238 Å². The minimum absolute atomic E-state index is 0.0588. The Hall–Kier alpha value is -1.02. The van der Waals surface area contributed by atoms with Crippen LogP contribution in [-0.4, -0.2) is 73.4 Å². The van der Waals surface area contributed by atoms with E-state index in [-0.39, 0.29) is 19.1 Å². The average molecular weight is 983 g/mol. The predicted molar refractivity (Wildman–Crippen MR) is 295 cm³/mol. The van der Waals surface area contributed by atoms with Gasteiger partial charge in [-0.15, -0.1) is 0 Å². The standard InChI is InChI=1S/C59H117N2O6P/c1-6-8-10-12-14-16-18-20-22-24-26-27-28-29-30-31-32-33-34-35-37-39-41-43-45-47-49-51-53-59(63)60-57(56-67-68(64,65)66-55-54-61(3,4)5)58(62)52-50-48-46-44-42-40-38-36-25-23-21-19-17-15-13-11-9-7-2/h42,44,50,52,57-58,62H,6-41,43,45-49,51,53-56H2,1-5H3,(H-,60,63,64,65)/p+1/b44-42+,52-50+. The van der Waals surface area contributed by atoms with Crippen LogP contribution < -0.4 is 5.32 Å². The van der Waals surface area contributed by atoms with Crippen LogP contribution >= 0.6 is 7.82 Å². The Bertz CT molecular complexity index is 1160. The van der Waals surface area contributed by atoms with E-state index in [2.05, 4.69) is 31.3 Å². The summed E-state index contributed by atoms with van der Waals surface area (Å²) >= 11 is 0. The minimum Gasteiger partial charge on any atom is -0.387 e. The first-order valence-corrected chi connectivity index (χ1v) is 31.2. The van der Waals surface area contributed by atoms with Gasteiger partial charge in [0, 0.05) is 6.42 Å². The molecule has 0 aromatic heterocycles. The number of allylic oxidation sites excluding steroid dienone is 3. The first-order valence-electron chi connectivity index (χ1n) is 29.7. The van der Waals surface area contributed by atoms with Gasteiger partial charge in [-0.05, 0) is 32.1 Å². The second-order valence-corrected chi connectivity index (χ2v) is 23.2. The van der Waals surface area contributed by atoms with Gasteiger partial charge in [0.2, 0.25) is 5.91 Å². The number of nitrogens with zero attached hydrogens (tertiary/aromatic N) is 1. The van der Waals surface area contributed by atoms with Crippen LogP contribution in [0.25, 0.3) is 0 Å². The number of rotatable bonds is 55. The van der Waals surface area contributed by atoms with Crippen molar-refractivity contribution in [1.82, 2.24) is 5.32 Å². The molecule has 68 heavy (non-hydrogen) atoms. The summed E-state index contributed by atoms with van der Waals surface area (Å²) in [4.78, 5) is 23.3. The van der Waals surface area contributed by atoms with Crippen molar-refractivity contribution >= 4 is 13.7 Å². The topological polar surface area (TPSA) is 105 Å². The summed E-state index contributed by atoms with van der Waals surface area (Å²) in [7, 11) is 1.57. The monoisotopic (exact) mass is 982 g/mol. The molecule has 3 atom stereocenters. The lowest BCUT2D eigenvalue weighted by atomic mass is 10.0. The number of nitrogens with one attached hydrogen (secondary N) is 1. The number of carbonyl (C=O) groups excluding carboxylic acids is 1. The van der Waals surface area contributed by atoms with E-state index in [1.807, 2.05) is 27.2 Å². The van der Waals surface area contributed by atoms with Gasteiger partial charge in [-0.3, -0.25) is 13.8 Å². The molecule has 3 N–H and O–H groups in total. The van der Waals surface area contributed by atoms with Gasteiger partial charge >= 0.3 is 7.82 Å². The van der Waals surface area contributed by atoms with Crippen LogP contribution in [0.15, 0.2) is 24.3 Å². The Morgan fingerprint density at radius 2 is 0.809 bits per heavy atom. The number of hydrogen-bond acceptors (Lipinski definition) is 5. The molecule has 0 saturated heterocycles. The first kappa shape index (κ1) is 67.0. The highest BCUT2D eigenvalue weighted by molar-refractivity contribution is 7.47. The molecule has 404 valence electrons. The molecule has 0 fully saturated rings. The van der Waals surface area contributed by atoms with Crippen molar-refractivity contribution in [3.63, 3.8) is 0 Å². The normalized spacial score (nSPS) is 14.0. The highest BCUT2D eigenvalue weighted by atomic mass is 31.2. The van der Waals surface area contributed by atoms with Gasteiger partial charge in [-0.1, -0.05) is 282 Å². The van der Waals surface area contributed by atoms with Gasteiger partial charge in [0.25, 0.3) is 0 Å². The fourth-order valence-corrected chi connectivity index (χ4v) is 9.74. The number of amides is 1. The van der Waals surface area contributed by atoms with Crippen LogP contribution in [0.4, 0.5) is 0 Å². The zero-order chi connectivity index (χ0) is 49.9. The molecular weight excluding hydrogens is 864 g/mol. The van der Waals surface area contributed by atoms with Crippen LogP contribution in [0.1, 0.15) is 296 Å². The third-order valence-corrected chi connectivity index (χ3v) is 14.7. The number of likely N-dealkylation sites (N-methyl/N-ethyl adjacent to an activating group) is 1. The van der Waals surface area contributed by atoms with Gasteiger partial charge in [0.15, 0.2) is 0 Å². The predicted octanol–water partition coefficient (Wildman–Crippen LogP) is 18.0. The largest absolute Gasteiger partial charge is 0.472 e. The molecule has 8 nitrogen and oxygen atoms in total. The molecule has 1 amide bonds. The van der Waals surface area contributed by atoms with E-state index < -0.39 is 20.0 Å². The maximum atomic E-state index is 13.0. The molecule has 0 aromatic rings. The van der Waals surface area contributed by atoms with Crippen molar-refractivity contribution in [2.75, 3.05) is 40.9 Å². The zero-order valence-electron chi connectivity index (χ0n) is 46.1. The molecule has 0 rings (SSSR count). The van der Waals surface area contributed by atoms with Crippen LogP contribution in [-0.2, 0) is 18.4 Å². The second kappa shape index (κ2) is 50.9. The summed E-state index contributed by atoms with van der Waals surface area (Å²) in [6.07, 6.45) is 64.4. The van der Waals surface area contributed by atoms with Crippen LogP contribution in [0, 0.1) is 0 Å². The molecule has 0 aliphatic carbocycles. The molecule has 0 radical (unpaired) electrons. The van der Waals surface area contributed by atoms with Gasteiger partial charge in [0.1, 0.15) is 13.2 Å². The van der Waals surface area contributed by atoms with Gasteiger partial charge in [-0.2, -0.15) is 0 Å². The third kappa shape index (κ3) is 52.8. The molecule has 0 saturated carbocycles. The highest BCUT2D eigenvalue weighted by Gasteiger charge is 2.27. The molecule has 0 spiro atoms. The van der Waals surface area contributed by atoms with Crippen LogP contribution in [0.5, 0.6) is 0 Å². The summed E-state index contributed by atoms with van der Waals surface area (Å²) in [5.41, 5.74) is 0. The SMILES string of the molecule is CCCCCCCCCCCCCC/C=C/CC/C=C/C(O)C(COP(=O)(O)OCC[N+](C)(C)C)NC(=O)CCCCCCCCCCCCCCCCCCCCCCCCCCCCCC. The quantitative estimate of drug-likeness (QED) is 0.0243. The van der Waals surface area contributed by atoms with Crippen molar-refractivity contribution in [1.29, 1.82) is 0 Å². The second-order valence-electron chi connectivity index (χ2n) is 21.7. The van der Waals surface area contributed by atoms with Gasteiger partial charge in [-0.25, -0.2) is 4.57 Å². The Morgan fingerprint density at radius 1 is 0.485 bits per heavy atom. The number of quaternary nitrogens is 1. The molecule has 0 aromatic carbocycles. The van der Waals surface area contributed by atoms with Crippen LogP contribution in [0.3, 0.4) is 0 Å². The molecular formula is C59H118N2O6P+. The van der Waals surface area contributed by atoms with Crippen molar-refractivity contribution < 1.29 is 32.9 Å². The van der Waals surface area contributed by atoms with E-state index in [1.54, 1.807) is 6.08 Å². The van der Waals surface area contributed by atoms with E-state index >= 15 is 0 Å². The maximum absolute atomic E-state index is 13.0. The van der Waals surface area contributed by atoms with Gasteiger partial charge in [0.05, 0.1) is 39.9 Å². The molecule has 0 bridgehead atoms. The Balaban J connectivity index is 4.13. The fourth-order valence-electron chi connectivity index (χ4n) is 9.00. The summed E-state index contributed by atoms with van der Waals surface area (Å²) < 4.78 is 23.7. The van der Waals surface area contributed by atoms with Crippen molar-refractivity contribution in [3.8, 4) is 0 Å². The molecule has 3 unspecified atom stereocenters. The lowest BCUT2D eigenvalue weighted by molar-refractivity contribution is -0.870. The summed E-state index contributed by atoms with van der Waals surface area (Å²) in [5.74, 6) is -0.180. The number of hydrogen-bond donors (Lipinski definition) is 3. The van der Waals surface area contributed by atoms with E-state index in [9.17, 15) is 19.4 Å². The third-order valence-electron chi connectivity index (χ3n) is 13.7. The van der Waals surface area contributed by atoms with E-state index in [4.69, 9.17) is 9.05 Å². The molecule has 0 heterocycles. The fraction of sp³-hybridized carbons (Fsp3) is 0.915. The Labute approximate surface area is 424 Å². The lowest BCUT2D eigenvalue weighted by Gasteiger charge is -2.25. The van der Waals surface area contributed by atoms with Gasteiger partial charge < -0.3 is 19.8 Å². The number of aliphatic hydroxyl groups excluding tert-OH is 1. The van der Waals surface area contributed by atoms with Crippen molar-refractivity contribution in [2.45, 2.75) is 309 Å². The number of aliphatic hydroxyl groups is 1. The zero-order valence-corrected chi connectivity index (χ0v) is 47.0. The number of carbonyl (C=O) groups is 1. The minimum atomic E-state index is -4.35. The van der Waals surface area contributed by atoms with Crippen molar-refractivity contribution in [2.24, 2.45) is 0 Å². The Kier molecular flexibility index (Phi) is 50.1. The summed E-state index contributed by atoms with van der Waals surface area (Å²) in [6, 6.07) is -0.860. The average Bonchev–Trinajstić information content (AvgIpc) is 3.30. The molecule has 0 aliphatic heterocycles. The summed E-state index contributed by atoms with van der Waals surface area (Å²) in [6.45, 7) is 4.84. The molecule has 9 heteroatoms. The number of phosphoric ester groups is 1. The maximum Gasteiger partial charge on any atom is 0.472 e. The van der Waals surface area contributed by atoms with Crippen LogP contribution in [0.2, 0.25) is 0 Å². The van der Waals surface area contributed by atoms with E-state index in [0.717, 1.165) is 38.5 Å². The Morgan fingerprint density at radius 3 is 1.18 bits per heavy atom. The number of unbranched alkanes of at least 4 members (excludes halogenated alkanes) is 40. The highest BCUT2D eigenvalue weighted by Crippen LogP contribution is 2.43. The number of phosphoric acid groups is 1. The lowest BCUT2D eigenvalue weighted by Crippen LogP contribution is -2.45. The van der Waals surface area contributed by atoms with E-state index in [0.29, 0.717) is 17.4 Å². The van der Waals surface area contributed by atoms with Crippen molar-refractivity contribution in [3.05, 3.63) is 24.3 Å². The molecule has 0 aliphatic rings. The summed E-state index contributed by atoms with van der Waals surface area (Å²) in [5, 5.41) is 13.9. The smallest absolute Gasteiger partial charge is 0.387 e. The first-order chi connectivity index (χ1) is 33.0.